The van der Waals surface area contributed by atoms with Crippen LogP contribution in [0.3, 0.4) is 0 Å². The number of aromatic amines is 1. The zero-order chi connectivity index (χ0) is 12.1. The Bertz CT molecular complexity index is 528. The molecule has 0 aliphatic heterocycles. The van der Waals surface area contributed by atoms with Crippen molar-refractivity contribution in [2.75, 3.05) is 12.4 Å². The lowest BCUT2D eigenvalue weighted by molar-refractivity contribution is 1.10. The first-order valence-corrected chi connectivity index (χ1v) is 5.14. The Hall–Kier alpha value is -2.43. The van der Waals surface area contributed by atoms with Crippen molar-refractivity contribution >= 4 is 18.4 Å². The van der Waals surface area contributed by atoms with E-state index in [1.54, 1.807) is 13.2 Å². The van der Waals surface area contributed by atoms with Gasteiger partial charge >= 0.3 is 0 Å². The van der Waals surface area contributed by atoms with Crippen LogP contribution in [0.5, 0.6) is 0 Å². The molecule has 0 aliphatic carbocycles. The molecule has 5 nitrogen and oxygen atoms in total. The van der Waals surface area contributed by atoms with E-state index < -0.39 is 0 Å². The first kappa shape index (κ1) is 11.1. The van der Waals surface area contributed by atoms with Gasteiger partial charge in [-0.3, -0.25) is 10.1 Å². The van der Waals surface area contributed by atoms with Crippen molar-refractivity contribution in [3.8, 4) is 11.3 Å². The van der Waals surface area contributed by atoms with E-state index in [4.69, 9.17) is 0 Å². The first-order valence-electron chi connectivity index (χ1n) is 5.14. The molecule has 0 radical (unpaired) electrons. The van der Waals surface area contributed by atoms with Gasteiger partial charge in [-0.05, 0) is 24.9 Å². The molecule has 1 aromatic heterocycles. The van der Waals surface area contributed by atoms with Gasteiger partial charge in [-0.15, -0.1) is 0 Å². The van der Waals surface area contributed by atoms with Crippen LogP contribution >= 0.6 is 0 Å². The highest BCUT2D eigenvalue weighted by Gasteiger charge is 2.01. The molecule has 0 unspecified atom stereocenters. The number of benzene rings is 1. The Balaban J connectivity index is 2.26. The average molecular weight is 227 g/mol. The summed E-state index contributed by atoms with van der Waals surface area (Å²) in [5.74, 6) is 0.492. The lowest BCUT2D eigenvalue weighted by Gasteiger charge is -2.06. The maximum atomic E-state index is 3.95. The molecule has 2 rings (SSSR count). The summed E-state index contributed by atoms with van der Waals surface area (Å²) in [5.41, 5.74) is 2.92. The summed E-state index contributed by atoms with van der Waals surface area (Å²) in [6.45, 7) is 3.44. The molecular formula is C12H13N5. The zero-order valence-electron chi connectivity index (χ0n) is 9.51. The maximum Gasteiger partial charge on any atom is 0.221 e. The number of H-pyrrole nitrogens is 1. The predicted molar refractivity (Wildman–Crippen MR) is 70.6 cm³/mol. The van der Waals surface area contributed by atoms with Crippen molar-refractivity contribution in [1.82, 2.24) is 10.2 Å². The minimum Gasteiger partial charge on any atom is -0.324 e. The Morgan fingerprint density at radius 1 is 1.41 bits per heavy atom. The average Bonchev–Trinajstić information content (AvgIpc) is 2.90. The minimum absolute atomic E-state index is 0.492. The normalized spacial score (nSPS) is 11.2. The van der Waals surface area contributed by atoms with Crippen LogP contribution in [0.2, 0.25) is 0 Å². The van der Waals surface area contributed by atoms with Crippen LogP contribution in [0.25, 0.3) is 11.3 Å². The third kappa shape index (κ3) is 2.57. The SMILES string of the molecule is C=NC(=NC)Nc1cccc(-c2ccn[nH]2)c1. The molecule has 0 atom stereocenters. The highest BCUT2D eigenvalue weighted by atomic mass is 15.1. The molecule has 86 valence electrons. The largest absolute Gasteiger partial charge is 0.324 e. The van der Waals surface area contributed by atoms with Gasteiger partial charge in [0.15, 0.2) is 0 Å². The standard InChI is InChI=1S/C12H13N5/c1-13-12(14-2)16-10-5-3-4-9(8-10)11-6-7-15-17-11/h3-8H,1H2,2H3,(H,14,16)(H,15,17). The molecule has 2 N–H and O–H groups in total. The second-order valence-electron chi connectivity index (χ2n) is 3.38. The molecule has 2 aromatic rings. The molecule has 0 fully saturated rings. The molecule has 0 bridgehead atoms. The van der Waals surface area contributed by atoms with E-state index in [1.807, 2.05) is 30.3 Å². The first-order chi connectivity index (χ1) is 8.33. The van der Waals surface area contributed by atoms with Gasteiger partial charge < -0.3 is 5.32 Å². The number of nitrogens with one attached hydrogen (secondary N) is 2. The predicted octanol–water partition coefficient (Wildman–Crippen LogP) is 2.17. The van der Waals surface area contributed by atoms with E-state index in [0.717, 1.165) is 16.9 Å². The summed E-state index contributed by atoms with van der Waals surface area (Å²) in [6.07, 6.45) is 1.72. The van der Waals surface area contributed by atoms with Gasteiger partial charge in [-0.25, -0.2) is 4.99 Å². The summed E-state index contributed by atoms with van der Waals surface area (Å²) in [5, 5.41) is 9.91. The van der Waals surface area contributed by atoms with E-state index in [0.29, 0.717) is 5.96 Å². The maximum absolute atomic E-state index is 3.95. The van der Waals surface area contributed by atoms with Crippen LogP contribution in [0, 0.1) is 0 Å². The second kappa shape index (κ2) is 5.07. The molecule has 1 aromatic carbocycles. The molecule has 0 spiro atoms. The van der Waals surface area contributed by atoms with E-state index in [-0.39, 0.29) is 0 Å². The summed E-state index contributed by atoms with van der Waals surface area (Å²) >= 11 is 0. The van der Waals surface area contributed by atoms with Gasteiger partial charge in [0.05, 0.1) is 5.69 Å². The molecule has 1 heterocycles. The number of guanidine groups is 1. The highest BCUT2D eigenvalue weighted by molar-refractivity contribution is 5.96. The van der Waals surface area contributed by atoms with Crippen molar-refractivity contribution in [3.63, 3.8) is 0 Å². The van der Waals surface area contributed by atoms with E-state index in [2.05, 4.69) is 32.2 Å². The molecule has 17 heavy (non-hydrogen) atoms. The van der Waals surface area contributed by atoms with Crippen LogP contribution in [0.15, 0.2) is 46.5 Å². The van der Waals surface area contributed by atoms with Crippen LogP contribution in [-0.4, -0.2) is 29.9 Å². The third-order valence-corrected chi connectivity index (χ3v) is 2.29. The Morgan fingerprint density at radius 2 is 2.29 bits per heavy atom. The van der Waals surface area contributed by atoms with Crippen LogP contribution in [-0.2, 0) is 0 Å². The van der Waals surface area contributed by atoms with Crippen molar-refractivity contribution in [3.05, 3.63) is 36.5 Å². The van der Waals surface area contributed by atoms with Crippen LogP contribution < -0.4 is 5.32 Å². The quantitative estimate of drug-likeness (QED) is 0.610. The number of rotatable bonds is 2. The second-order valence-corrected chi connectivity index (χ2v) is 3.38. The van der Waals surface area contributed by atoms with E-state index in [1.165, 1.54) is 0 Å². The number of hydrogen-bond acceptors (Lipinski definition) is 2. The van der Waals surface area contributed by atoms with E-state index >= 15 is 0 Å². The molecule has 0 saturated heterocycles. The third-order valence-electron chi connectivity index (χ3n) is 2.29. The summed E-state index contributed by atoms with van der Waals surface area (Å²) in [6, 6.07) is 9.80. The molecule has 0 amide bonds. The Kier molecular flexibility index (Phi) is 3.30. The minimum atomic E-state index is 0.492. The number of anilines is 1. The number of aromatic nitrogens is 2. The highest BCUT2D eigenvalue weighted by Crippen LogP contribution is 2.20. The summed E-state index contributed by atoms with van der Waals surface area (Å²) in [7, 11) is 1.66. The van der Waals surface area contributed by atoms with Crippen molar-refractivity contribution < 1.29 is 0 Å². The van der Waals surface area contributed by atoms with Crippen molar-refractivity contribution in [2.24, 2.45) is 9.98 Å². The number of aliphatic imine (C=N–C) groups is 2. The summed E-state index contributed by atoms with van der Waals surface area (Å²) < 4.78 is 0. The fourth-order valence-corrected chi connectivity index (χ4v) is 1.48. The lowest BCUT2D eigenvalue weighted by atomic mass is 10.1. The van der Waals surface area contributed by atoms with E-state index in [9.17, 15) is 0 Å². The molecule has 0 aliphatic rings. The Morgan fingerprint density at radius 3 is 2.94 bits per heavy atom. The monoisotopic (exact) mass is 227 g/mol. The Labute approximate surface area is 99.3 Å². The van der Waals surface area contributed by atoms with Crippen molar-refractivity contribution in [2.45, 2.75) is 0 Å². The molecular weight excluding hydrogens is 214 g/mol. The van der Waals surface area contributed by atoms with Gasteiger partial charge in [0.2, 0.25) is 5.96 Å². The van der Waals surface area contributed by atoms with Crippen LogP contribution in [0.1, 0.15) is 0 Å². The number of hydrogen-bond donors (Lipinski definition) is 2. The number of nitrogens with zero attached hydrogens (tertiary/aromatic N) is 3. The summed E-state index contributed by atoms with van der Waals surface area (Å²) in [4.78, 5) is 7.71. The fraction of sp³-hybridized carbons (Fsp3) is 0.0833. The van der Waals surface area contributed by atoms with Crippen molar-refractivity contribution in [1.29, 1.82) is 0 Å². The van der Waals surface area contributed by atoms with Gasteiger partial charge in [0.25, 0.3) is 0 Å². The molecule has 5 heteroatoms. The molecule has 0 saturated carbocycles. The van der Waals surface area contributed by atoms with Crippen LogP contribution in [0.4, 0.5) is 5.69 Å². The van der Waals surface area contributed by atoms with Gasteiger partial charge in [-0.2, -0.15) is 5.10 Å². The fourth-order valence-electron chi connectivity index (χ4n) is 1.48. The topological polar surface area (TPSA) is 65.4 Å². The van der Waals surface area contributed by atoms with Gasteiger partial charge in [0, 0.05) is 24.5 Å². The smallest absolute Gasteiger partial charge is 0.221 e. The zero-order valence-corrected chi connectivity index (χ0v) is 9.51. The van der Waals surface area contributed by atoms with Gasteiger partial charge in [-0.1, -0.05) is 12.1 Å². The lowest BCUT2D eigenvalue weighted by Crippen LogP contribution is -2.08. The van der Waals surface area contributed by atoms with Gasteiger partial charge in [0.1, 0.15) is 0 Å².